The molecule has 1 saturated heterocycles. The predicted octanol–water partition coefficient (Wildman–Crippen LogP) is -3.13. The van der Waals surface area contributed by atoms with Gasteiger partial charge in [-0.3, -0.25) is 14.3 Å². The van der Waals surface area contributed by atoms with E-state index in [-0.39, 0.29) is 12.1 Å². The molecule has 0 aliphatic carbocycles. The molecule has 0 saturated carbocycles. The number of hydrogen-bond donors (Lipinski definition) is 5. The Hall–Kier alpha value is -1.52. The van der Waals surface area contributed by atoms with Gasteiger partial charge in [0.25, 0.3) is 5.56 Å². The third-order valence-electron chi connectivity index (χ3n) is 3.20. The van der Waals surface area contributed by atoms with Crippen LogP contribution in [0, 0.1) is 0 Å². The van der Waals surface area contributed by atoms with Gasteiger partial charge in [-0.25, -0.2) is 4.79 Å². The maximum atomic E-state index is 11.8. The molecule has 2 heterocycles. The molecule has 0 amide bonds. The highest BCUT2D eigenvalue weighted by Crippen LogP contribution is 2.27. The minimum atomic E-state index is -1.38. The van der Waals surface area contributed by atoms with Crippen molar-refractivity contribution >= 4 is 0 Å². The van der Waals surface area contributed by atoms with E-state index < -0.39 is 42.4 Å². The van der Waals surface area contributed by atoms with Crippen LogP contribution in [0.4, 0.5) is 0 Å². The predicted molar refractivity (Wildman–Crippen MR) is 67.1 cm³/mol. The van der Waals surface area contributed by atoms with E-state index in [1.807, 2.05) is 0 Å². The van der Waals surface area contributed by atoms with Gasteiger partial charge in [0.05, 0.1) is 6.61 Å². The van der Waals surface area contributed by atoms with Gasteiger partial charge in [-0.15, -0.1) is 0 Å². The summed E-state index contributed by atoms with van der Waals surface area (Å²) in [6.07, 6.45) is -3.57. The number of aromatic amines is 1. The first-order valence-corrected chi connectivity index (χ1v) is 6.11. The first-order chi connectivity index (χ1) is 9.49. The summed E-state index contributed by atoms with van der Waals surface area (Å²) < 4.78 is 6.24. The highest BCUT2D eigenvalue weighted by Gasteiger charge is 2.43. The van der Waals surface area contributed by atoms with Crippen LogP contribution in [-0.4, -0.2) is 56.8 Å². The topological polar surface area (TPSA) is 137 Å². The molecule has 9 nitrogen and oxygen atoms in total. The molecule has 0 bridgehead atoms. The molecule has 2 rings (SSSR count). The van der Waals surface area contributed by atoms with Crippen molar-refractivity contribution in [3.8, 4) is 0 Å². The largest absolute Gasteiger partial charge is 0.394 e. The van der Waals surface area contributed by atoms with Gasteiger partial charge in [0.1, 0.15) is 18.3 Å². The zero-order chi connectivity index (χ0) is 14.9. The Bertz CT molecular complexity index is 582. The number of nitrogens with zero attached hydrogens (tertiary/aromatic N) is 1. The Morgan fingerprint density at radius 2 is 2.10 bits per heavy atom. The fraction of sp³-hybridized carbons (Fsp3) is 0.636. The molecule has 4 atom stereocenters. The van der Waals surface area contributed by atoms with Crippen LogP contribution in [0.3, 0.4) is 0 Å². The van der Waals surface area contributed by atoms with Crippen molar-refractivity contribution in [2.45, 2.75) is 31.1 Å². The van der Waals surface area contributed by atoms with Gasteiger partial charge in [0, 0.05) is 18.3 Å². The van der Waals surface area contributed by atoms with E-state index in [0.717, 1.165) is 4.57 Å². The first-order valence-electron chi connectivity index (χ1n) is 6.11. The van der Waals surface area contributed by atoms with Gasteiger partial charge < -0.3 is 25.4 Å². The number of aliphatic hydroxyl groups excluding tert-OH is 3. The molecule has 1 aromatic heterocycles. The zero-order valence-corrected chi connectivity index (χ0v) is 10.8. The van der Waals surface area contributed by atoms with E-state index in [9.17, 15) is 19.8 Å². The average Bonchev–Trinajstić information content (AvgIpc) is 2.70. The van der Waals surface area contributed by atoms with Gasteiger partial charge in [0.15, 0.2) is 6.23 Å². The Morgan fingerprint density at radius 3 is 2.65 bits per heavy atom. The van der Waals surface area contributed by atoms with E-state index in [2.05, 4.69) is 10.3 Å². The second-order valence-corrected chi connectivity index (χ2v) is 4.58. The van der Waals surface area contributed by atoms with Gasteiger partial charge in [-0.05, 0) is 7.05 Å². The number of H-pyrrole nitrogens is 1. The number of hydrogen-bond acceptors (Lipinski definition) is 7. The van der Waals surface area contributed by atoms with Crippen LogP contribution in [0.15, 0.2) is 15.8 Å². The summed E-state index contributed by atoms with van der Waals surface area (Å²) in [5.41, 5.74) is -1.01. The summed E-state index contributed by atoms with van der Waals surface area (Å²) in [6, 6.07) is 0. The number of aliphatic hydroxyl groups is 3. The molecule has 1 fully saturated rings. The lowest BCUT2D eigenvalue weighted by molar-refractivity contribution is -0.0551. The molecule has 20 heavy (non-hydrogen) atoms. The third-order valence-corrected chi connectivity index (χ3v) is 3.20. The summed E-state index contributed by atoms with van der Waals surface area (Å²) in [5, 5.41) is 31.3. The molecule has 0 aromatic carbocycles. The van der Waals surface area contributed by atoms with Crippen molar-refractivity contribution in [2.75, 3.05) is 13.7 Å². The zero-order valence-electron chi connectivity index (χ0n) is 10.8. The van der Waals surface area contributed by atoms with Crippen molar-refractivity contribution in [1.82, 2.24) is 14.9 Å². The Morgan fingerprint density at radius 1 is 1.40 bits per heavy atom. The molecule has 1 aromatic rings. The number of rotatable bonds is 4. The molecular weight excluding hydrogens is 270 g/mol. The lowest BCUT2D eigenvalue weighted by Crippen LogP contribution is -2.39. The summed E-state index contributed by atoms with van der Waals surface area (Å²) in [7, 11) is 1.64. The van der Waals surface area contributed by atoms with E-state index in [1.54, 1.807) is 7.05 Å². The van der Waals surface area contributed by atoms with Gasteiger partial charge >= 0.3 is 5.69 Å². The Labute approximate surface area is 113 Å². The maximum Gasteiger partial charge on any atom is 0.330 e. The van der Waals surface area contributed by atoms with Crippen LogP contribution in [0.2, 0.25) is 0 Å². The van der Waals surface area contributed by atoms with Crippen molar-refractivity contribution < 1.29 is 20.1 Å². The third kappa shape index (κ3) is 2.53. The van der Waals surface area contributed by atoms with Crippen LogP contribution < -0.4 is 16.6 Å². The summed E-state index contributed by atoms with van der Waals surface area (Å²) in [4.78, 5) is 25.5. The number of nitrogens with one attached hydrogen (secondary N) is 2. The molecule has 2 unspecified atom stereocenters. The lowest BCUT2D eigenvalue weighted by atomic mass is 10.1. The van der Waals surface area contributed by atoms with Crippen molar-refractivity contribution in [1.29, 1.82) is 0 Å². The quantitative estimate of drug-likeness (QED) is 0.395. The summed E-state index contributed by atoms with van der Waals surface area (Å²) in [6.45, 7) is -0.263. The van der Waals surface area contributed by atoms with Crippen LogP contribution >= 0.6 is 0 Å². The molecule has 0 radical (unpaired) electrons. The lowest BCUT2D eigenvalue weighted by Gasteiger charge is -2.17. The van der Waals surface area contributed by atoms with Crippen LogP contribution in [0.5, 0.6) is 0 Å². The first kappa shape index (κ1) is 14.9. The summed E-state index contributed by atoms with van der Waals surface area (Å²) in [5.74, 6) is 0. The van der Waals surface area contributed by atoms with E-state index in [4.69, 9.17) is 9.84 Å². The van der Waals surface area contributed by atoms with Gasteiger partial charge in [-0.1, -0.05) is 0 Å². The van der Waals surface area contributed by atoms with Crippen LogP contribution in [0.1, 0.15) is 11.8 Å². The number of ether oxygens (including phenoxy) is 1. The molecule has 1 aliphatic rings. The second kappa shape index (κ2) is 5.85. The highest BCUT2D eigenvalue weighted by atomic mass is 16.6. The van der Waals surface area contributed by atoms with Crippen LogP contribution in [0.25, 0.3) is 0 Å². The average molecular weight is 287 g/mol. The number of aromatic nitrogens is 2. The van der Waals surface area contributed by atoms with E-state index >= 15 is 0 Å². The molecule has 9 heteroatoms. The molecular formula is C11H17N3O6. The highest BCUT2D eigenvalue weighted by molar-refractivity contribution is 5.05. The minimum absolute atomic E-state index is 0.227. The molecule has 1 aliphatic heterocycles. The van der Waals surface area contributed by atoms with Crippen molar-refractivity contribution in [3.05, 3.63) is 32.6 Å². The second-order valence-electron chi connectivity index (χ2n) is 4.58. The van der Waals surface area contributed by atoms with Crippen LogP contribution in [-0.2, 0) is 11.3 Å². The Kier molecular flexibility index (Phi) is 4.35. The minimum Gasteiger partial charge on any atom is -0.394 e. The normalized spacial score (nSPS) is 29.8. The van der Waals surface area contributed by atoms with Gasteiger partial charge in [0.2, 0.25) is 0 Å². The van der Waals surface area contributed by atoms with Crippen molar-refractivity contribution in [2.24, 2.45) is 0 Å². The van der Waals surface area contributed by atoms with E-state index in [0.29, 0.717) is 0 Å². The maximum absolute atomic E-state index is 11.8. The fourth-order valence-corrected chi connectivity index (χ4v) is 2.14. The van der Waals surface area contributed by atoms with Crippen molar-refractivity contribution in [3.63, 3.8) is 0 Å². The monoisotopic (exact) mass is 287 g/mol. The Balaban J connectivity index is 2.40. The molecule has 5 N–H and O–H groups in total. The standard InChI is InChI=1S/C11H17N3O6/c1-12-2-5-3-14(11(19)13-9(5)18)10-8(17)7(16)6(4-15)20-10/h3,6-8,10,12,15-17H,2,4H2,1H3,(H,13,18,19)/t6-,7?,8?,10-/m0/s1. The fourth-order valence-electron chi connectivity index (χ4n) is 2.14. The summed E-state index contributed by atoms with van der Waals surface area (Å²) >= 11 is 0. The SMILES string of the molecule is CNCc1cn([C@H]2O[C@@H](CO)C(O)C2O)c(=O)[nH]c1=O. The molecule has 112 valence electrons. The van der Waals surface area contributed by atoms with E-state index in [1.165, 1.54) is 6.20 Å². The smallest absolute Gasteiger partial charge is 0.330 e. The van der Waals surface area contributed by atoms with Gasteiger partial charge in [-0.2, -0.15) is 0 Å². The molecule has 0 spiro atoms.